The fourth-order valence-corrected chi connectivity index (χ4v) is 5.67. The molecule has 1 aliphatic rings. The van der Waals surface area contributed by atoms with Gasteiger partial charge in [-0.2, -0.15) is 4.90 Å². The maximum atomic E-state index is 13.5. The number of Topliss-reactive ketones (excluding diaryl/α,β-unsaturated/α-hetero) is 1. The summed E-state index contributed by atoms with van der Waals surface area (Å²) in [6.45, 7) is 12.5. The zero-order valence-electron chi connectivity index (χ0n) is 29.6. The van der Waals surface area contributed by atoms with Crippen LogP contribution in [0.1, 0.15) is 72.2 Å². The molecular weight excluding hydrogens is 642 g/mol. The third kappa shape index (κ3) is 9.29. The molecule has 50 heavy (non-hydrogen) atoms. The average molecular weight is 688 g/mol. The average Bonchev–Trinajstić information content (AvgIpc) is 3.60. The first kappa shape index (κ1) is 36.6. The monoisotopic (exact) mass is 687 g/mol. The molecule has 266 valence electrons. The number of imidazole rings is 1. The molecule has 2 amide bonds. The minimum Gasteiger partial charge on any atom is -0.443 e. The number of amides is 2. The molecule has 1 saturated heterocycles. The van der Waals surface area contributed by atoms with Gasteiger partial charge in [-0.25, -0.2) is 24.5 Å². The molecule has 13 heteroatoms. The summed E-state index contributed by atoms with van der Waals surface area (Å²) in [7, 11) is 0. The molecule has 0 spiro atoms. The Morgan fingerprint density at radius 2 is 1.40 bits per heavy atom. The first-order chi connectivity index (χ1) is 23.7. The van der Waals surface area contributed by atoms with Crippen molar-refractivity contribution in [1.29, 1.82) is 0 Å². The van der Waals surface area contributed by atoms with E-state index in [1.807, 2.05) is 60.7 Å². The summed E-state index contributed by atoms with van der Waals surface area (Å²) >= 11 is 0. The standard InChI is InChI=1S/C37H45N5O8/c1-24(43)18-27-30(47-20-26-16-12-9-13-17-26)28(21-46-19-25-14-10-8-11-15-25)48-33(27)41-23-40-29-31(41)38-22-39-32(29)42(34(44)49-36(2,3)4)35(45)50-37(5,6)7/h8-17,22-23,27-28,30,33H,18-21H2,1-7H3/t27-,28+,30+,33-/m0/s1. The van der Waals surface area contributed by atoms with Gasteiger partial charge in [0.1, 0.15) is 35.6 Å². The number of carbonyl (C=O) groups is 3. The van der Waals surface area contributed by atoms with Gasteiger partial charge in [0.15, 0.2) is 17.0 Å². The number of ether oxygens (including phenoxy) is 5. The highest BCUT2D eigenvalue weighted by Gasteiger charge is 2.47. The Morgan fingerprint density at radius 3 is 1.96 bits per heavy atom. The molecule has 3 heterocycles. The lowest BCUT2D eigenvalue weighted by molar-refractivity contribution is -0.119. The molecule has 0 bridgehead atoms. The van der Waals surface area contributed by atoms with Crippen LogP contribution in [0.2, 0.25) is 0 Å². The molecule has 0 radical (unpaired) electrons. The van der Waals surface area contributed by atoms with Crippen LogP contribution in [0.15, 0.2) is 73.3 Å². The summed E-state index contributed by atoms with van der Waals surface area (Å²) in [6, 6.07) is 19.5. The minimum absolute atomic E-state index is 0.0523. The molecule has 13 nitrogen and oxygen atoms in total. The molecular formula is C37H45N5O8. The van der Waals surface area contributed by atoms with Gasteiger partial charge in [-0.05, 0) is 59.6 Å². The quantitative estimate of drug-likeness (QED) is 0.164. The van der Waals surface area contributed by atoms with Crippen LogP contribution in [0, 0.1) is 5.92 Å². The number of carbonyl (C=O) groups excluding carboxylic acids is 3. The zero-order valence-corrected chi connectivity index (χ0v) is 29.6. The summed E-state index contributed by atoms with van der Waals surface area (Å²) in [4.78, 5) is 53.7. The van der Waals surface area contributed by atoms with E-state index in [9.17, 15) is 14.4 Å². The molecule has 0 unspecified atom stereocenters. The largest absolute Gasteiger partial charge is 0.443 e. The van der Waals surface area contributed by atoms with Crippen LogP contribution in [0.25, 0.3) is 11.2 Å². The fraction of sp³-hybridized carbons (Fsp3) is 0.459. The van der Waals surface area contributed by atoms with Crippen molar-refractivity contribution < 1.29 is 38.1 Å². The molecule has 0 N–H and O–H groups in total. The third-order valence-corrected chi connectivity index (χ3v) is 7.65. The number of benzene rings is 2. The normalized spacial score (nSPS) is 19.3. The summed E-state index contributed by atoms with van der Waals surface area (Å²) < 4.78 is 32.1. The van der Waals surface area contributed by atoms with Crippen molar-refractivity contribution in [2.45, 2.75) is 97.7 Å². The second kappa shape index (κ2) is 15.4. The fourth-order valence-electron chi connectivity index (χ4n) is 5.67. The van der Waals surface area contributed by atoms with Crippen molar-refractivity contribution in [3.05, 3.63) is 84.4 Å². The molecule has 5 rings (SSSR count). The smallest absolute Gasteiger partial charge is 0.425 e. The number of hydrogen-bond donors (Lipinski definition) is 0. The van der Waals surface area contributed by atoms with Gasteiger partial charge >= 0.3 is 12.2 Å². The van der Waals surface area contributed by atoms with E-state index < -0.39 is 47.7 Å². The number of aromatic nitrogens is 4. The van der Waals surface area contributed by atoms with E-state index in [1.165, 1.54) is 19.6 Å². The van der Waals surface area contributed by atoms with Crippen molar-refractivity contribution in [1.82, 2.24) is 19.5 Å². The SMILES string of the molecule is CC(=O)C[C@H]1[C@@H](OCc2ccccc2)[C@@H](COCc2ccccc2)O[C@@H]1n1cnc2c(N(C(=O)OC(C)(C)C)C(=O)OC(C)(C)C)ncnc21. The lowest BCUT2D eigenvalue weighted by Gasteiger charge is -2.28. The Labute approximate surface area is 291 Å². The number of hydrogen-bond acceptors (Lipinski definition) is 11. The summed E-state index contributed by atoms with van der Waals surface area (Å²) in [5.41, 5.74) is 0.516. The van der Waals surface area contributed by atoms with Crippen molar-refractivity contribution in [3.8, 4) is 0 Å². The lowest BCUT2D eigenvalue weighted by atomic mass is 9.94. The van der Waals surface area contributed by atoms with Gasteiger partial charge in [-0.15, -0.1) is 0 Å². The Bertz CT molecular complexity index is 1740. The second-order valence-corrected chi connectivity index (χ2v) is 14.2. The van der Waals surface area contributed by atoms with Crippen molar-refractivity contribution >= 4 is 35.0 Å². The van der Waals surface area contributed by atoms with E-state index in [0.717, 1.165) is 11.1 Å². The van der Waals surface area contributed by atoms with E-state index in [-0.39, 0.29) is 35.8 Å². The van der Waals surface area contributed by atoms with Crippen molar-refractivity contribution in [3.63, 3.8) is 0 Å². The number of imide groups is 1. The van der Waals surface area contributed by atoms with Crippen LogP contribution in [-0.2, 0) is 41.7 Å². The predicted molar refractivity (Wildman–Crippen MR) is 184 cm³/mol. The lowest BCUT2D eigenvalue weighted by Crippen LogP contribution is -2.44. The molecule has 1 aliphatic heterocycles. The highest BCUT2D eigenvalue weighted by atomic mass is 16.6. The maximum Gasteiger partial charge on any atom is 0.425 e. The third-order valence-electron chi connectivity index (χ3n) is 7.65. The van der Waals surface area contributed by atoms with Crippen LogP contribution in [0.4, 0.5) is 15.4 Å². The Hall–Kier alpha value is -4.72. The number of ketones is 1. The minimum atomic E-state index is -0.988. The predicted octanol–water partition coefficient (Wildman–Crippen LogP) is 6.80. The van der Waals surface area contributed by atoms with Gasteiger partial charge in [0.05, 0.1) is 32.3 Å². The number of nitrogens with zero attached hydrogens (tertiary/aromatic N) is 5. The second-order valence-electron chi connectivity index (χ2n) is 14.2. The summed E-state index contributed by atoms with van der Waals surface area (Å²) in [5.74, 6) is -0.647. The van der Waals surface area contributed by atoms with E-state index in [2.05, 4.69) is 15.0 Å². The molecule has 1 fully saturated rings. The topological polar surface area (TPSA) is 144 Å². The van der Waals surface area contributed by atoms with Crippen LogP contribution >= 0.6 is 0 Å². The molecule has 0 saturated carbocycles. The van der Waals surface area contributed by atoms with Gasteiger partial charge in [-0.3, -0.25) is 4.57 Å². The molecule has 2 aromatic carbocycles. The Kier molecular flexibility index (Phi) is 11.3. The van der Waals surface area contributed by atoms with E-state index in [4.69, 9.17) is 23.7 Å². The van der Waals surface area contributed by atoms with Gasteiger partial charge in [0, 0.05) is 12.3 Å². The summed E-state index contributed by atoms with van der Waals surface area (Å²) in [5, 5.41) is 0. The van der Waals surface area contributed by atoms with E-state index in [0.29, 0.717) is 18.1 Å². The molecule has 4 aromatic rings. The van der Waals surface area contributed by atoms with Crippen molar-refractivity contribution in [2.75, 3.05) is 11.5 Å². The van der Waals surface area contributed by atoms with Gasteiger partial charge in [0.2, 0.25) is 0 Å². The highest BCUT2D eigenvalue weighted by molar-refractivity contribution is 6.12. The van der Waals surface area contributed by atoms with Gasteiger partial charge in [-0.1, -0.05) is 60.7 Å². The number of anilines is 1. The first-order valence-corrected chi connectivity index (χ1v) is 16.6. The number of rotatable bonds is 11. The maximum absolute atomic E-state index is 13.5. The summed E-state index contributed by atoms with van der Waals surface area (Å²) in [6.07, 6.45) is -1.00. The van der Waals surface area contributed by atoms with Crippen LogP contribution in [0.5, 0.6) is 0 Å². The Balaban J connectivity index is 1.51. The van der Waals surface area contributed by atoms with Gasteiger partial charge in [0.25, 0.3) is 0 Å². The zero-order chi connectivity index (χ0) is 36.1. The first-order valence-electron chi connectivity index (χ1n) is 16.6. The highest BCUT2D eigenvalue weighted by Crippen LogP contribution is 2.41. The van der Waals surface area contributed by atoms with Gasteiger partial charge < -0.3 is 28.5 Å². The van der Waals surface area contributed by atoms with E-state index >= 15 is 0 Å². The van der Waals surface area contributed by atoms with Crippen LogP contribution < -0.4 is 4.90 Å². The molecule has 2 aromatic heterocycles. The Morgan fingerprint density at radius 1 is 0.820 bits per heavy atom. The molecule has 0 aliphatic carbocycles. The van der Waals surface area contributed by atoms with Crippen LogP contribution in [-0.4, -0.2) is 67.5 Å². The molecule has 4 atom stereocenters. The van der Waals surface area contributed by atoms with Crippen LogP contribution in [0.3, 0.4) is 0 Å². The van der Waals surface area contributed by atoms with E-state index in [1.54, 1.807) is 46.1 Å². The number of fused-ring (bicyclic) bond motifs is 1. The van der Waals surface area contributed by atoms with Crippen molar-refractivity contribution in [2.24, 2.45) is 5.92 Å².